The van der Waals surface area contributed by atoms with Gasteiger partial charge in [-0.3, -0.25) is 13.9 Å². The highest BCUT2D eigenvalue weighted by Crippen LogP contribution is 2.22. The number of pyridine rings is 1. The molecular weight excluding hydrogens is 318 g/mol. The van der Waals surface area contributed by atoms with Crippen molar-refractivity contribution in [3.63, 3.8) is 0 Å². The highest BCUT2D eigenvalue weighted by molar-refractivity contribution is 5.83. The molecule has 4 aromatic rings. The van der Waals surface area contributed by atoms with Crippen LogP contribution in [-0.2, 0) is 13.7 Å². The summed E-state index contributed by atoms with van der Waals surface area (Å²) in [6.07, 6.45) is 3.59. The highest BCUT2D eigenvalue weighted by Gasteiger charge is 2.13. The summed E-state index contributed by atoms with van der Waals surface area (Å²) in [4.78, 5) is 17.1. The van der Waals surface area contributed by atoms with Crippen LogP contribution in [-0.4, -0.2) is 24.3 Å². The van der Waals surface area contributed by atoms with Gasteiger partial charge in [0.25, 0.3) is 5.56 Å². The maximum Gasteiger partial charge on any atom is 0.265 e. The molecule has 0 spiro atoms. The minimum absolute atomic E-state index is 0.229. The van der Waals surface area contributed by atoms with Crippen LogP contribution in [0.1, 0.15) is 11.1 Å². The molecule has 7 heteroatoms. The monoisotopic (exact) mass is 335 g/mol. The average Bonchev–Trinajstić information content (AvgIpc) is 2.94. The van der Waals surface area contributed by atoms with E-state index in [4.69, 9.17) is 0 Å². The summed E-state index contributed by atoms with van der Waals surface area (Å²) in [7, 11) is 1.87. The van der Waals surface area contributed by atoms with Crippen LogP contribution >= 0.6 is 0 Å². The second kappa shape index (κ2) is 5.71. The lowest BCUT2D eigenvalue weighted by molar-refractivity contribution is 0.280. The molecule has 0 amide bonds. The van der Waals surface area contributed by atoms with E-state index in [-0.39, 0.29) is 17.7 Å². The Morgan fingerprint density at radius 2 is 2.08 bits per heavy atom. The number of hydrogen-bond donors (Lipinski definition) is 2. The van der Waals surface area contributed by atoms with Crippen LogP contribution in [0.2, 0.25) is 0 Å². The molecule has 7 nitrogen and oxygen atoms in total. The third kappa shape index (κ3) is 2.64. The number of rotatable bonds is 3. The van der Waals surface area contributed by atoms with Gasteiger partial charge in [0.05, 0.1) is 17.7 Å². The molecule has 0 aliphatic heterocycles. The van der Waals surface area contributed by atoms with Gasteiger partial charge in [-0.15, -0.1) is 0 Å². The number of nitrogens with one attached hydrogen (secondary N) is 1. The van der Waals surface area contributed by atoms with Gasteiger partial charge in [-0.25, -0.2) is 4.98 Å². The highest BCUT2D eigenvalue weighted by atomic mass is 16.3. The van der Waals surface area contributed by atoms with Gasteiger partial charge in [0, 0.05) is 30.5 Å². The van der Waals surface area contributed by atoms with E-state index in [0.717, 1.165) is 22.2 Å². The molecule has 0 unspecified atom stereocenters. The van der Waals surface area contributed by atoms with E-state index in [9.17, 15) is 9.90 Å². The molecule has 0 saturated carbocycles. The third-order valence-corrected chi connectivity index (χ3v) is 4.12. The normalized spacial score (nSPS) is 11.3. The Bertz CT molecular complexity index is 1160. The molecule has 4 rings (SSSR count). The molecular formula is C18H17N5O2. The van der Waals surface area contributed by atoms with Gasteiger partial charge in [-0.2, -0.15) is 5.10 Å². The van der Waals surface area contributed by atoms with E-state index in [0.29, 0.717) is 11.5 Å². The SMILES string of the molecule is Cc1ccn2c(=O)c(CO)c(Nc3ccc4nn(C)cc4c3)nc2c1. The molecule has 126 valence electrons. The van der Waals surface area contributed by atoms with Gasteiger partial charge in [0.15, 0.2) is 0 Å². The Morgan fingerprint density at radius 3 is 2.88 bits per heavy atom. The number of aliphatic hydroxyl groups excluding tert-OH is 1. The Morgan fingerprint density at radius 1 is 1.24 bits per heavy atom. The number of nitrogens with zero attached hydrogens (tertiary/aromatic N) is 4. The molecule has 3 heterocycles. The van der Waals surface area contributed by atoms with Crippen LogP contribution in [0, 0.1) is 6.92 Å². The number of aromatic nitrogens is 4. The Hall–Kier alpha value is -3.19. The fourth-order valence-electron chi connectivity index (χ4n) is 2.89. The van der Waals surface area contributed by atoms with Crippen LogP contribution in [0.15, 0.2) is 47.5 Å². The van der Waals surface area contributed by atoms with E-state index in [1.165, 1.54) is 4.40 Å². The fraction of sp³-hybridized carbons (Fsp3) is 0.167. The van der Waals surface area contributed by atoms with Crippen molar-refractivity contribution in [1.82, 2.24) is 19.2 Å². The quantitative estimate of drug-likeness (QED) is 0.599. The van der Waals surface area contributed by atoms with E-state index in [1.54, 1.807) is 10.9 Å². The van der Waals surface area contributed by atoms with Gasteiger partial charge in [-0.05, 0) is 42.8 Å². The van der Waals surface area contributed by atoms with Gasteiger partial charge in [0.2, 0.25) is 0 Å². The first-order valence-corrected chi connectivity index (χ1v) is 7.88. The number of hydrogen-bond acceptors (Lipinski definition) is 5. The molecule has 0 fully saturated rings. The standard InChI is InChI=1S/C18H17N5O2/c1-11-5-6-23-16(7-11)20-17(14(10-24)18(23)25)19-13-3-4-15-12(8-13)9-22(2)21-15/h3-9,19,24H,10H2,1-2H3. The lowest BCUT2D eigenvalue weighted by Gasteiger charge is -2.11. The molecule has 0 bridgehead atoms. The van der Waals surface area contributed by atoms with Gasteiger partial charge in [-0.1, -0.05) is 0 Å². The Balaban J connectivity index is 1.85. The molecule has 0 aliphatic rings. The van der Waals surface area contributed by atoms with Crippen molar-refractivity contribution in [2.24, 2.45) is 7.05 Å². The van der Waals surface area contributed by atoms with Crippen LogP contribution in [0.5, 0.6) is 0 Å². The smallest absolute Gasteiger partial charge is 0.265 e. The van der Waals surface area contributed by atoms with Crippen LogP contribution in [0.4, 0.5) is 11.5 Å². The summed E-state index contributed by atoms with van der Waals surface area (Å²) in [5, 5.41) is 18.1. The summed E-state index contributed by atoms with van der Waals surface area (Å²) in [5.74, 6) is 0.362. The zero-order valence-corrected chi connectivity index (χ0v) is 13.9. The second-order valence-corrected chi connectivity index (χ2v) is 6.04. The molecule has 3 aromatic heterocycles. The third-order valence-electron chi connectivity index (χ3n) is 4.12. The second-order valence-electron chi connectivity index (χ2n) is 6.04. The van der Waals surface area contributed by atoms with Crippen LogP contribution in [0.25, 0.3) is 16.6 Å². The number of fused-ring (bicyclic) bond motifs is 2. The molecule has 0 radical (unpaired) electrons. The lowest BCUT2D eigenvalue weighted by Crippen LogP contribution is -2.21. The zero-order valence-electron chi connectivity index (χ0n) is 13.9. The largest absolute Gasteiger partial charge is 0.391 e. The summed E-state index contributed by atoms with van der Waals surface area (Å²) in [6, 6.07) is 9.37. The molecule has 2 N–H and O–H groups in total. The minimum atomic E-state index is -0.389. The number of anilines is 2. The van der Waals surface area contributed by atoms with Crippen molar-refractivity contribution in [3.8, 4) is 0 Å². The lowest BCUT2D eigenvalue weighted by atomic mass is 10.2. The number of benzene rings is 1. The summed E-state index contributed by atoms with van der Waals surface area (Å²) >= 11 is 0. The summed E-state index contributed by atoms with van der Waals surface area (Å²) in [5.41, 5.74) is 3.15. The maximum atomic E-state index is 12.6. The predicted molar refractivity (Wildman–Crippen MR) is 96.1 cm³/mol. The van der Waals surface area contributed by atoms with Gasteiger partial charge >= 0.3 is 0 Å². The minimum Gasteiger partial charge on any atom is -0.391 e. The summed E-state index contributed by atoms with van der Waals surface area (Å²) in [6.45, 7) is 1.55. The van der Waals surface area contributed by atoms with Crippen LogP contribution < -0.4 is 10.9 Å². The van der Waals surface area contributed by atoms with Crippen molar-refractivity contribution < 1.29 is 5.11 Å². The zero-order chi connectivity index (χ0) is 17.6. The Labute approximate surface area is 143 Å². The molecule has 0 atom stereocenters. The van der Waals surface area contributed by atoms with Gasteiger partial charge in [0.1, 0.15) is 11.5 Å². The van der Waals surface area contributed by atoms with E-state index >= 15 is 0 Å². The Kier molecular flexibility index (Phi) is 3.51. The van der Waals surface area contributed by atoms with Crippen LogP contribution in [0.3, 0.4) is 0 Å². The van der Waals surface area contributed by atoms with Crippen molar-refractivity contribution in [1.29, 1.82) is 0 Å². The first-order valence-electron chi connectivity index (χ1n) is 7.88. The number of aliphatic hydroxyl groups is 1. The van der Waals surface area contributed by atoms with Gasteiger partial charge < -0.3 is 10.4 Å². The van der Waals surface area contributed by atoms with Crippen molar-refractivity contribution in [2.45, 2.75) is 13.5 Å². The van der Waals surface area contributed by atoms with E-state index < -0.39 is 0 Å². The first kappa shape index (κ1) is 15.3. The van der Waals surface area contributed by atoms with Crippen molar-refractivity contribution >= 4 is 28.1 Å². The number of aryl methyl sites for hydroxylation is 2. The molecule has 0 aliphatic carbocycles. The summed E-state index contributed by atoms with van der Waals surface area (Å²) < 4.78 is 3.19. The molecule has 0 saturated heterocycles. The average molecular weight is 335 g/mol. The maximum absolute atomic E-state index is 12.6. The van der Waals surface area contributed by atoms with Crippen molar-refractivity contribution in [2.75, 3.05) is 5.32 Å². The predicted octanol–water partition coefficient (Wildman–Crippen LogP) is 2.13. The molecule has 1 aromatic carbocycles. The van der Waals surface area contributed by atoms with Crippen molar-refractivity contribution in [3.05, 3.63) is 64.2 Å². The fourth-order valence-corrected chi connectivity index (χ4v) is 2.89. The topological polar surface area (TPSA) is 84.5 Å². The first-order chi connectivity index (χ1) is 12.0. The van der Waals surface area contributed by atoms with E-state index in [1.807, 2.05) is 50.5 Å². The van der Waals surface area contributed by atoms with E-state index in [2.05, 4.69) is 15.4 Å². The molecule has 25 heavy (non-hydrogen) atoms.